The molecule has 2 aromatic carbocycles. The van der Waals surface area contributed by atoms with Gasteiger partial charge in [0.15, 0.2) is 0 Å². The third-order valence-electron chi connectivity index (χ3n) is 2.87. The molecule has 0 atom stereocenters. The number of phenols is 1. The second-order valence-corrected chi connectivity index (χ2v) is 4.59. The Morgan fingerprint density at radius 1 is 1.20 bits per heavy atom. The van der Waals surface area contributed by atoms with Gasteiger partial charge < -0.3 is 14.7 Å². The van der Waals surface area contributed by atoms with E-state index in [9.17, 15) is 9.90 Å². The molecule has 0 aromatic heterocycles. The number of benzene rings is 2. The molecule has 0 radical (unpaired) electrons. The van der Waals surface area contributed by atoms with E-state index in [1.807, 2.05) is 6.07 Å². The fourth-order valence-corrected chi connectivity index (χ4v) is 2.05. The average molecular weight is 336 g/mol. The Hall–Kier alpha value is -2.01. The zero-order valence-corrected chi connectivity index (χ0v) is 12.5. The van der Waals surface area contributed by atoms with Crippen LogP contribution in [-0.4, -0.2) is 23.6 Å². The Kier molecular flexibility index (Phi) is 4.63. The van der Waals surface area contributed by atoms with Gasteiger partial charge >= 0.3 is 0 Å². The highest BCUT2D eigenvalue weighted by atomic mass is 79.9. The summed E-state index contributed by atoms with van der Waals surface area (Å²) in [5.74, 6) is 0.518. The topological polar surface area (TPSA) is 49.8 Å². The summed E-state index contributed by atoms with van der Waals surface area (Å²) >= 11 is 3.18. The number of alkyl halides is 1. The van der Waals surface area contributed by atoms with Crippen LogP contribution in [0.3, 0.4) is 0 Å². The number of carbonyl (C=O) groups excluding carboxylic acids is 1. The molecule has 0 bridgehead atoms. The second-order valence-electron chi connectivity index (χ2n) is 4.13. The van der Waals surface area contributed by atoms with Crippen LogP contribution in [0, 0.1) is 0 Å². The van der Waals surface area contributed by atoms with E-state index in [0.29, 0.717) is 22.5 Å². The molecule has 0 aliphatic heterocycles. The van der Waals surface area contributed by atoms with Crippen LogP contribution in [0.1, 0.15) is 10.4 Å². The van der Waals surface area contributed by atoms with E-state index in [-0.39, 0.29) is 11.7 Å². The van der Waals surface area contributed by atoms with E-state index in [1.54, 1.807) is 49.5 Å². The highest BCUT2D eigenvalue weighted by Crippen LogP contribution is 2.24. The summed E-state index contributed by atoms with van der Waals surface area (Å²) in [7, 11) is 1.68. The molecule has 2 aromatic rings. The van der Waals surface area contributed by atoms with Crippen LogP contribution in [0.25, 0.3) is 0 Å². The molecular formula is C15H14BrNO3. The first-order valence-corrected chi connectivity index (χ1v) is 7.10. The van der Waals surface area contributed by atoms with Crippen LogP contribution in [0.15, 0.2) is 48.5 Å². The minimum absolute atomic E-state index is 0.164. The Labute approximate surface area is 125 Å². The summed E-state index contributed by atoms with van der Waals surface area (Å²) in [6.45, 7) is 0. The Bertz CT molecular complexity index is 598. The second kappa shape index (κ2) is 6.43. The summed E-state index contributed by atoms with van der Waals surface area (Å²) in [6, 6.07) is 13.5. The minimum atomic E-state index is -0.174. The van der Waals surface area contributed by atoms with E-state index in [0.717, 1.165) is 0 Å². The summed E-state index contributed by atoms with van der Waals surface area (Å²) in [6.07, 6.45) is 0. The molecule has 1 N–H and O–H groups in total. The number of amides is 1. The lowest BCUT2D eigenvalue weighted by molar-refractivity contribution is 0.0990. The van der Waals surface area contributed by atoms with Crippen LogP contribution < -0.4 is 9.64 Å². The van der Waals surface area contributed by atoms with Crippen molar-refractivity contribution in [3.63, 3.8) is 0 Å². The molecule has 0 aliphatic rings. The Morgan fingerprint density at radius 2 is 1.85 bits per heavy atom. The van der Waals surface area contributed by atoms with Crippen molar-refractivity contribution in [3.05, 3.63) is 54.1 Å². The zero-order chi connectivity index (χ0) is 14.5. The van der Waals surface area contributed by atoms with E-state index < -0.39 is 0 Å². The molecule has 0 unspecified atom stereocenters. The van der Waals surface area contributed by atoms with Gasteiger partial charge in [-0.1, -0.05) is 12.1 Å². The zero-order valence-electron chi connectivity index (χ0n) is 10.9. The first kappa shape index (κ1) is 14.4. The van der Waals surface area contributed by atoms with Gasteiger partial charge in [0, 0.05) is 12.7 Å². The lowest BCUT2D eigenvalue weighted by Crippen LogP contribution is -2.26. The number of ether oxygens (including phenoxy) is 1. The van der Waals surface area contributed by atoms with Crippen molar-refractivity contribution in [3.8, 4) is 11.5 Å². The third-order valence-corrected chi connectivity index (χ3v) is 3.10. The number of anilines is 1. The van der Waals surface area contributed by atoms with Gasteiger partial charge in [0.1, 0.15) is 17.0 Å². The predicted octanol–water partition coefficient (Wildman–Crippen LogP) is 3.40. The lowest BCUT2D eigenvalue weighted by atomic mass is 10.1. The van der Waals surface area contributed by atoms with E-state index in [2.05, 4.69) is 15.9 Å². The van der Waals surface area contributed by atoms with Crippen LogP contribution in [0.4, 0.5) is 5.69 Å². The van der Waals surface area contributed by atoms with E-state index >= 15 is 0 Å². The first-order valence-electron chi connectivity index (χ1n) is 5.98. The number of halogens is 1. The third kappa shape index (κ3) is 3.11. The van der Waals surface area contributed by atoms with Gasteiger partial charge in [0.25, 0.3) is 5.91 Å². The van der Waals surface area contributed by atoms with Gasteiger partial charge in [0.05, 0.1) is 5.56 Å². The molecule has 4 nitrogen and oxygen atoms in total. The van der Waals surface area contributed by atoms with Gasteiger partial charge in [-0.3, -0.25) is 4.79 Å². The van der Waals surface area contributed by atoms with Gasteiger partial charge in [-0.05, 0) is 52.3 Å². The SMILES string of the molecule is CN(C(=O)c1ccccc1OCBr)c1ccc(O)cc1. The lowest BCUT2D eigenvalue weighted by Gasteiger charge is -2.19. The quantitative estimate of drug-likeness (QED) is 0.871. The number of aromatic hydroxyl groups is 1. The molecule has 0 fully saturated rings. The average Bonchev–Trinajstić information content (AvgIpc) is 2.47. The summed E-state index contributed by atoms with van der Waals surface area (Å²) in [5.41, 5.74) is 1.50. The first-order chi connectivity index (χ1) is 9.63. The molecular weight excluding hydrogens is 322 g/mol. The fraction of sp³-hybridized carbons (Fsp3) is 0.133. The number of nitrogens with zero attached hydrogens (tertiary/aromatic N) is 1. The molecule has 0 aliphatic carbocycles. The van der Waals surface area contributed by atoms with Crippen LogP contribution in [0.2, 0.25) is 0 Å². The number of para-hydroxylation sites is 1. The highest BCUT2D eigenvalue weighted by Gasteiger charge is 2.17. The normalized spacial score (nSPS) is 10.1. The minimum Gasteiger partial charge on any atom is -0.508 e. The standard InChI is InChI=1S/C15H14BrNO3/c1-17(11-6-8-12(18)9-7-11)15(19)13-4-2-3-5-14(13)20-10-16/h2-9,18H,10H2,1H3. The Balaban J connectivity index is 2.29. The molecule has 2 rings (SSSR count). The number of rotatable bonds is 4. The van der Waals surface area contributed by atoms with Crippen LogP contribution in [0.5, 0.6) is 11.5 Å². The monoisotopic (exact) mass is 335 g/mol. The molecule has 20 heavy (non-hydrogen) atoms. The highest BCUT2D eigenvalue weighted by molar-refractivity contribution is 9.09. The van der Waals surface area contributed by atoms with Crippen molar-refractivity contribution < 1.29 is 14.6 Å². The molecule has 5 heteroatoms. The maximum Gasteiger partial charge on any atom is 0.261 e. The molecule has 0 saturated carbocycles. The van der Waals surface area contributed by atoms with Gasteiger partial charge in [-0.25, -0.2) is 0 Å². The molecule has 0 heterocycles. The van der Waals surface area contributed by atoms with Crippen molar-refractivity contribution in [2.45, 2.75) is 0 Å². The summed E-state index contributed by atoms with van der Waals surface area (Å²) in [4.78, 5) is 14.0. The number of carbonyl (C=O) groups is 1. The van der Waals surface area contributed by atoms with Crippen molar-refractivity contribution >= 4 is 27.5 Å². The van der Waals surface area contributed by atoms with Crippen molar-refractivity contribution in [2.75, 3.05) is 17.5 Å². The molecule has 104 valence electrons. The number of phenolic OH excluding ortho intramolecular Hbond substituents is 1. The largest absolute Gasteiger partial charge is 0.508 e. The predicted molar refractivity (Wildman–Crippen MR) is 81.7 cm³/mol. The van der Waals surface area contributed by atoms with Gasteiger partial charge in [0.2, 0.25) is 0 Å². The van der Waals surface area contributed by atoms with E-state index in [1.165, 1.54) is 4.90 Å². The maximum atomic E-state index is 12.5. The number of hydrogen-bond donors (Lipinski definition) is 1. The van der Waals surface area contributed by atoms with Crippen molar-refractivity contribution in [1.29, 1.82) is 0 Å². The van der Waals surface area contributed by atoms with Gasteiger partial charge in [-0.2, -0.15) is 0 Å². The smallest absolute Gasteiger partial charge is 0.261 e. The van der Waals surface area contributed by atoms with Crippen LogP contribution in [-0.2, 0) is 0 Å². The fourth-order valence-electron chi connectivity index (χ4n) is 1.80. The summed E-state index contributed by atoms with van der Waals surface area (Å²) in [5, 5.41) is 9.28. The van der Waals surface area contributed by atoms with Crippen LogP contribution >= 0.6 is 15.9 Å². The van der Waals surface area contributed by atoms with Crippen molar-refractivity contribution in [2.24, 2.45) is 0 Å². The summed E-state index contributed by atoms with van der Waals surface area (Å²) < 4.78 is 5.39. The maximum absolute atomic E-state index is 12.5. The van der Waals surface area contributed by atoms with E-state index in [4.69, 9.17) is 4.74 Å². The number of hydrogen-bond acceptors (Lipinski definition) is 3. The molecule has 0 spiro atoms. The molecule has 1 amide bonds. The van der Waals surface area contributed by atoms with Crippen molar-refractivity contribution in [1.82, 2.24) is 0 Å². The van der Waals surface area contributed by atoms with Gasteiger partial charge in [-0.15, -0.1) is 0 Å². The Morgan fingerprint density at radius 3 is 2.50 bits per heavy atom. The molecule has 0 saturated heterocycles.